The highest BCUT2D eigenvalue weighted by Crippen LogP contribution is 2.25. The van der Waals surface area contributed by atoms with Gasteiger partial charge in [-0.15, -0.1) is 0 Å². The van der Waals surface area contributed by atoms with Crippen LogP contribution in [0.25, 0.3) is 0 Å². The van der Waals surface area contributed by atoms with Crippen LogP contribution < -0.4 is 11.3 Å². The van der Waals surface area contributed by atoms with Crippen molar-refractivity contribution >= 4 is 21.4 Å². The van der Waals surface area contributed by atoms with Gasteiger partial charge in [-0.3, -0.25) is 11.3 Å². The van der Waals surface area contributed by atoms with Crippen molar-refractivity contribution in [1.29, 1.82) is 0 Å². The fraction of sp³-hybridized carbons (Fsp3) is 0.500. The van der Waals surface area contributed by atoms with Gasteiger partial charge in [0, 0.05) is 17.3 Å². The highest BCUT2D eigenvalue weighted by atomic mass is 35.5. The molecule has 0 heterocycles. The molecule has 0 spiro atoms. The van der Waals surface area contributed by atoms with E-state index in [1.165, 1.54) is 6.26 Å². The Morgan fingerprint density at radius 2 is 1.94 bits per heavy atom. The van der Waals surface area contributed by atoms with Gasteiger partial charge in [0.2, 0.25) is 0 Å². The second-order valence-corrected chi connectivity index (χ2v) is 7.89. The minimum absolute atomic E-state index is 0.410. The smallest absolute Gasteiger partial charge is 0.154 e. The van der Waals surface area contributed by atoms with Crippen LogP contribution in [-0.2, 0) is 16.3 Å². The van der Waals surface area contributed by atoms with E-state index in [4.69, 9.17) is 17.4 Å². The van der Waals surface area contributed by atoms with Crippen molar-refractivity contribution in [2.45, 2.75) is 31.1 Å². The van der Waals surface area contributed by atoms with Crippen molar-refractivity contribution < 1.29 is 8.42 Å². The fourth-order valence-electron chi connectivity index (χ4n) is 1.65. The van der Waals surface area contributed by atoms with Crippen molar-refractivity contribution in [3.8, 4) is 0 Å². The summed E-state index contributed by atoms with van der Waals surface area (Å²) in [7, 11) is -3.23. The summed E-state index contributed by atoms with van der Waals surface area (Å²) in [6.07, 6.45) is 1.67. The van der Waals surface area contributed by atoms with Gasteiger partial charge in [0.1, 0.15) is 0 Å². The molecule has 1 rings (SSSR count). The zero-order valence-electron chi connectivity index (χ0n) is 10.8. The Kier molecular flexibility index (Phi) is 4.78. The predicted molar refractivity (Wildman–Crippen MR) is 75.2 cm³/mol. The third-order valence-electron chi connectivity index (χ3n) is 3.38. The van der Waals surface area contributed by atoms with Crippen LogP contribution in [0, 0.1) is 0 Å². The number of hydrogen-bond donors (Lipinski definition) is 2. The molecule has 102 valence electrons. The van der Waals surface area contributed by atoms with E-state index in [0.717, 1.165) is 5.56 Å². The van der Waals surface area contributed by atoms with Crippen LogP contribution >= 0.6 is 11.6 Å². The zero-order chi connectivity index (χ0) is 14.0. The highest BCUT2D eigenvalue weighted by Gasteiger charge is 2.38. The maximum Gasteiger partial charge on any atom is 0.154 e. The normalized spacial score (nSPS) is 14.5. The van der Waals surface area contributed by atoms with Crippen molar-refractivity contribution in [3.63, 3.8) is 0 Å². The zero-order valence-corrected chi connectivity index (χ0v) is 12.3. The number of sulfone groups is 1. The topological polar surface area (TPSA) is 72.2 Å². The Morgan fingerprint density at radius 3 is 2.39 bits per heavy atom. The lowest BCUT2D eigenvalue weighted by Crippen LogP contribution is -2.55. The molecule has 1 atom stereocenters. The summed E-state index contributed by atoms with van der Waals surface area (Å²) in [5.74, 6) is 5.50. The molecule has 0 saturated heterocycles. The summed E-state index contributed by atoms with van der Waals surface area (Å²) in [4.78, 5) is 0. The van der Waals surface area contributed by atoms with Crippen LogP contribution in [-0.4, -0.2) is 25.5 Å². The van der Waals surface area contributed by atoms with Crippen molar-refractivity contribution in [3.05, 3.63) is 34.9 Å². The predicted octanol–water partition coefficient (Wildman–Crippen LogP) is 1.54. The van der Waals surface area contributed by atoms with Crippen LogP contribution in [0.1, 0.15) is 19.4 Å². The molecule has 0 amide bonds. The lowest BCUT2D eigenvalue weighted by atomic mass is 9.96. The molecular formula is C12H19ClN2O2S. The molecule has 1 aromatic carbocycles. The first-order chi connectivity index (χ1) is 8.20. The Labute approximate surface area is 113 Å². The second kappa shape index (κ2) is 5.57. The first kappa shape index (κ1) is 15.4. The Balaban J connectivity index is 3.04. The van der Waals surface area contributed by atoms with Gasteiger partial charge in [-0.05, 0) is 31.9 Å². The minimum Gasteiger partial charge on any atom is -0.271 e. The van der Waals surface area contributed by atoms with E-state index >= 15 is 0 Å². The molecule has 18 heavy (non-hydrogen) atoms. The van der Waals surface area contributed by atoms with Gasteiger partial charge < -0.3 is 0 Å². The van der Waals surface area contributed by atoms with E-state index in [0.29, 0.717) is 11.4 Å². The fourth-order valence-corrected chi connectivity index (χ4v) is 2.53. The van der Waals surface area contributed by atoms with Gasteiger partial charge in [0.15, 0.2) is 9.84 Å². The lowest BCUT2D eigenvalue weighted by Gasteiger charge is -2.32. The molecule has 0 aliphatic heterocycles. The Bertz CT molecular complexity index is 515. The summed E-state index contributed by atoms with van der Waals surface area (Å²) in [5, 5.41) is 0.613. The van der Waals surface area contributed by atoms with Crippen LogP contribution in [0.15, 0.2) is 24.3 Å². The summed E-state index contributed by atoms with van der Waals surface area (Å²) >= 11 is 6.07. The molecule has 1 unspecified atom stereocenters. The molecule has 0 bridgehead atoms. The highest BCUT2D eigenvalue weighted by molar-refractivity contribution is 7.92. The third kappa shape index (κ3) is 3.23. The molecule has 0 aliphatic rings. The number of rotatable bonds is 5. The number of hydrazine groups is 1. The first-order valence-corrected chi connectivity index (χ1v) is 7.86. The summed E-state index contributed by atoms with van der Waals surface area (Å²) < 4.78 is 22.6. The number of hydrogen-bond acceptors (Lipinski definition) is 4. The van der Waals surface area contributed by atoms with E-state index in [1.54, 1.807) is 19.9 Å². The van der Waals surface area contributed by atoms with Crippen molar-refractivity contribution in [2.75, 3.05) is 6.26 Å². The van der Waals surface area contributed by atoms with E-state index in [1.807, 2.05) is 18.2 Å². The van der Waals surface area contributed by atoms with E-state index in [-0.39, 0.29) is 0 Å². The molecule has 0 aliphatic carbocycles. The first-order valence-electron chi connectivity index (χ1n) is 5.59. The maximum absolute atomic E-state index is 11.8. The third-order valence-corrected chi connectivity index (χ3v) is 5.94. The molecule has 0 saturated carbocycles. The van der Waals surface area contributed by atoms with E-state index in [9.17, 15) is 8.42 Å². The number of nitrogens with two attached hydrogens (primary N) is 1. The maximum atomic E-state index is 11.8. The van der Waals surface area contributed by atoms with Crippen LogP contribution in [0.4, 0.5) is 0 Å². The average molecular weight is 291 g/mol. The minimum atomic E-state index is -3.23. The quantitative estimate of drug-likeness (QED) is 0.637. The monoisotopic (exact) mass is 290 g/mol. The van der Waals surface area contributed by atoms with Crippen LogP contribution in [0.5, 0.6) is 0 Å². The Hall–Kier alpha value is -0.620. The number of halogens is 1. The van der Waals surface area contributed by atoms with Gasteiger partial charge in [-0.25, -0.2) is 8.42 Å². The number of benzene rings is 1. The molecular weight excluding hydrogens is 272 g/mol. The molecule has 0 fully saturated rings. The molecule has 0 radical (unpaired) electrons. The number of nitrogens with one attached hydrogen (secondary N) is 1. The van der Waals surface area contributed by atoms with Crippen molar-refractivity contribution in [2.24, 2.45) is 5.84 Å². The standard InChI is InChI=1S/C12H19ClN2O2S/c1-12(2,18(3,16)17)11(15-14)8-9-6-4-5-7-10(9)13/h4-7,11,15H,8,14H2,1-3H3. The van der Waals surface area contributed by atoms with Gasteiger partial charge in [-0.2, -0.15) is 0 Å². The SMILES string of the molecule is CC(C)(C(Cc1ccccc1Cl)NN)S(C)(=O)=O. The van der Waals surface area contributed by atoms with Gasteiger partial charge in [0.25, 0.3) is 0 Å². The average Bonchev–Trinajstić information content (AvgIpc) is 2.26. The van der Waals surface area contributed by atoms with E-state index < -0.39 is 20.6 Å². The lowest BCUT2D eigenvalue weighted by molar-refractivity contribution is 0.413. The summed E-state index contributed by atoms with van der Waals surface area (Å²) in [6, 6.07) is 6.93. The van der Waals surface area contributed by atoms with E-state index in [2.05, 4.69) is 5.43 Å². The molecule has 3 N–H and O–H groups in total. The van der Waals surface area contributed by atoms with Crippen molar-refractivity contribution in [1.82, 2.24) is 5.43 Å². The van der Waals surface area contributed by atoms with Crippen LogP contribution in [0.2, 0.25) is 5.02 Å². The molecule has 1 aromatic rings. The molecule has 4 nitrogen and oxygen atoms in total. The Morgan fingerprint density at radius 1 is 1.39 bits per heavy atom. The summed E-state index contributed by atoms with van der Waals surface area (Å²) in [5.41, 5.74) is 3.46. The largest absolute Gasteiger partial charge is 0.271 e. The molecule has 6 heteroatoms. The summed E-state index contributed by atoms with van der Waals surface area (Å²) in [6.45, 7) is 3.31. The van der Waals surface area contributed by atoms with Gasteiger partial charge >= 0.3 is 0 Å². The second-order valence-electron chi connectivity index (χ2n) is 4.89. The van der Waals surface area contributed by atoms with Gasteiger partial charge in [0.05, 0.1) is 4.75 Å². The van der Waals surface area contributed by atoms with Gasteiger partial charge in [-0.1, -0.05) is 29.8 Å². The molecule has 0 aromatic heterocycles. The van der Waals surface area contributed by atoms with Crippen LogP contribution in [0.3, 0.4) is 0 Å².